The number of hydrogen-bond acceptors (Lipinski definition) is 2. The number of carbonyl (C=O) groups excluding carboxylic acids is 1. The highest BCUT2D eigenvalue weighted by molar-refractivity contribution is 6.12. The molecule has 0 atom stereocenters. The van der Waals surface area contributed by atoms with Crippen LogP contribution in [0.15, 0.2) is 54.7 Å². The number of aryl methyl sites for hydroxylation is 2. The Labute approximate surface area is 123 Å². The first kappa shape index (κ1) is 13.3. The highest BCUT2D eigenvalue weighted by Gasteiger charge is 2.11. The second-order valence-corrected chi connectivity index (χ2v) is 5.20. The summed E-state index contributed by atoms with van der Waals surface area (Å²) in [6.07, 6.45) is 1.74. The van der Waals surface area contributed by atoms with Gasteiger partial charge in [0.2, 0.25) is 0 Å². The van der Waals surface area contributed by atoms with E-state index in [1.54, 1.807) is 6.20 Å². The lowest BCUT2D eigenvalue weighted by Crippen LogP contribution is -2.12. The summed E-state index contributed by atoms with van der Waals surface area (Å²) in [5, 5.41) is 3.81. The van der Waals surface area contributed by atoms with Gasteiger partial charge in [-0.15, -0.1) is 0 Å². The Kier molecular flexibility index (Phi) is 3.40. The van der Waals surface area contributed by atoms with Crippen molar-refractivity contribution in [3.8, 4) is 0 Å². The van der Waals surface area contributed by atoms with Gasteiger partial charge in [0.1, 0.15) is 0 Å². The number of aromatic nitrogens is 1. The summed E-state index contributed by atoms with van der Waals surface area (Å²) < 4.78 is 0. The van der Waals surface area contributed by atoms with Crippen LogP contribution in [-0.4, -0.2) is 10.9 Å². The molecule has 0 saturated carbocycles. The van der Waals surface area contributed by atoms with Gasteiger partial charge in [0.25, 0.3) is 5.91 Å². The van der Waals surface area contributed by atoms with Crippen LogP contribution < -0.4 is 5.32 Å². The highest BCUT2D eigenvalue weighted by Crippen LogP contribution is 2.20. The zero-order valence-electron chi connectivity index (χ0n) is 12.1. The average molecular weight is 276 g/mol. The van der Waals surface area contributed by atoms with Crippen molar-refractivity contribution in [2.75, 3.05) is 5.32 Å². The van der Waals surface area contributed by atoms with Crippen LogP contribution in [0.25, 0.3) is 10.9 Å². The summed E-state index contributed by atoms with van der Waals surface area (Å²) in [6, 6.07) is 15.4. The molecule has 0 unspecified atom stereocenters. The number of pyridine rings is 1. The van der Waals surface area contributed by atoms with Crippen molar-refractivity contribution in [2.45, 2.75) is 13.8 Å². The Balaban J connectivity index is 1.99. The van der Waals surface area contributed by atoms with Crippen LogP contribution in [0, 0.1) is 13.8 Å². The van der Waals surface area contributed by atoms with Gasteiger partial charge >= 0.3 is 0 Å². The molecular formula is C18H16N2O. The topological polar surface area (TPSA) is 42.0 Å². The second kappa shape index (κ2) is 5.37. The average Bonchev–Trinajstić information content (AvgIpc) is 2.48. The first-order valence-corrected chi connectivity index (χ1v) is 6.87. The van der Waals surface area contributed by atoms with Gasteiger partial charge in [0.05, 0.1) is 5.52 Å². The zero-order chi connectivity index (χ0) is 14.8. The van der Waals surface area contributed by atoms with Gasteiger partial charge in [-0.25, -0.2) is 0 Å². The van der Waals surface area contributed by atoms with E-state index < -0.39 is 0 Å². The van der Waals surface area contributed by atoms with Crippen LogP contribution in [0.4, 0.5) is 5.69 Å². The number of anilines is 1. The normalized spacial score (nSPS) is 10.6. The molecule has 1 N–H and O–H groups in total. The molecule has 0 aliphatic heterocycles. The van der Waals surface area contributed by atoms with Gasteiger partial charge in [-0.05, 0) is 49.7 Å². The molecule has 3 aromatic rings. The maximum Gasteiger partial charge on any atom is 0.256 e. The van der Waals surface area contributed by atoms with Crippen LogP contribution in [0.5, 0.6) is 0 Å². The minimum atomic E-state index is -0.111. The Bertz CT molecular complexity index is 807. The van der Waals surface area contributed by atoms with Crippen molar-refractivity contribution in [2.24, 2.45) is 0 Å². The molecule has 1 aromatic heterocycles. The Morgan fingerprint density at radius 2 is 1.76 bits per heavy atom. The van der Waals surface area contributed by atoms with Crippen molar-refractivity contribution >= 4 is 22.5 Å². The molecule has 0 spiro atoms. The lowest BCUT2D eigenvalue weighted by atomic mass is 10.0. The molecule has 104 valence electrons. The number of fused-ring (bicyclic) bond motifs is 1. The van der Waals surface area contributed by atoms with E-state index in [1.807, 2.05) is 62.4 Å². The van der Waals surface area contributed by atoms with Crippen molar-refractivity contribution in [3.63, 3.8) is 0 Å². The van der Waals surface area contributed by atoms with E-state index >= 15 is 0 Å². The molecule has 0 bridgehead atoms. The molecule has 0 aliphatic carbocycles. The number of amides is 1. The molecule has 0 fully saturated rings. The fourth-order valence-electron chi connectivity index (χ4n) is 2.35. The van der Waals surface area contributed by atoms with Crippen LogP contribution in [-0.2, 0) is 0 Å². The van der Waals surface area contributed by atoms with Crippen LogP contribution in [0.3, 0.4) is 0 Å². The van der Waals surface area contributed by atoms with E-state index in [0.717, 1.165) is 22.2 Å². The minimum absolute atomic E-state index is 0.111. The van der Waals surface area contributed by atoms with Crippen molar-refractivity contribution < 1.29 is 4.79 Å². The standard InChI is InChI=1S/C18H16N2O/c1-12-5-7-14(8-6-12)20-18(21)16-10-13(2)11-17-15(16)4-3-9-19-17/h3-11H,1-2H3,(H,20,21). The molecule has 21 heavy (non-hydrogen) atoms. The van der Waals surface area contributed by atoms with Gasteiger partial charge in [0.15, 0.2) is 0 Å². The molecule has 3 heteroatoms. The van der Waals surface area contributed by atoms with Gasteiger partial charge in [-0.1, -0.05) is 23.8 Å². The molecular weight excluding hydrogens is 260 g/mol. The predicted octanol–water partition coefficient (Wildman–Crippen LogP) is 4.10. The van der Waals surface area contributed by atoms with Gasteiger partial charge < -0.3 is 5.32 Å². The third kappa shape index (κ3) is 2.77. The Morgan fingerprint density at radius 1 is 1.00 bits per heavy atom. The summed E-state index contributed by atoms with van der Waals surface area (Å²) in [4.78, 5) is 16.9. The van der Waals surface area contributed by atoms with E-state index in [0.29, 0.717) is 5.56 Å². The van der Waals surface area contributed by atoms with Gasteiger partial charge in [0, 0.05) is 22.8 Å². The van der Waals surface area contributed by atoms with E-state index in [4.69, 9.17) is 0 Å². The van der Waals surface area contributed by atoms with Crippen LogP contribution >= 0.6 is 0 Å². The quantitative estimate of drug-likeness (QED) is 0.765. The molecule has 2 aromatic carbocycles. The predicted molar refractivity (Wildman–Crippen MR) is 85.6 cm³/mol. The van der Waals surface area contributed by atoms with Crippen molar-refractivity contribution in [1.29, 1.82) is 0 Å². The van der Waals surface area contributed by atoms with Gasteiger partial charge in [-0.2, -0.15) is 0 Å². The van der Waals surface area contributed by atoms with E-state index in [2.05, 4.69) is 10.3 Å². The first-order valence-electron chi connectivity index (χ1n) is 6.87. The molecule has 1 amide bonds. The number of rotatable bonds is 2. The third-order valence-corrected chi connectivity index (χ3v) is 3.42. The SMILES string of the molecule is Cc1ccc(NC(=O)c2cc(C)cc3ncccc23)cc1. The fourth-order valence-corrected chi connectivity index (χ4v) is 2.35. The first-order chi connectivity index (χ1) is 10.1. The van der Waals surface area contributed by atoms with E-state index in [1.165, 1.54) is 5.56 Å². The number of carbonyl (C=O) groups is 1. The number of hydrogen-bond donors (Lipinski definition) is 1. The Hall–Kier alpha value is -2.68. The maximum atomic E-state index is 12.5. The maximum absolute atomic E-state index is 12.5. The fraction of sp³-hybridized carbons (Fsp3) is 0.111. The molecule has 1 heterocycles. The second-order valence-electron chi connectivity index (χ2n) is 5.20. The van der Waals surface area contributed by atoms with E-state index in [-0.39, 0.29) is 5.91 Å². The molecule has 3 rings (SSSR count). The van der Waals surface area contributed by atoms with E-state index in [9.17, 15) is 4.79 Å². The number of benzene rings is 2. The monoisotopic (exact) mass is 276 g/mol. The third-order valence-electron chi connectivity index (χ3n) is 3.42. The van der Waals surface area contributed by atoms with Crippen LogP contribution in [0.1, 0.15) is 21.5 Å². The molecule has 0 radical (unpaired) electrons. The lowest BCUT2D eigenvalue weighted by Gasteiger charge is -2.09. The zero-order valence-corrected chi connectivity index (χ0v) is 12.1. The minimum Gasteiger partial charge on any atom is -0.322 e. The largest absolute Gasteiger partial charge is 0.322 e. The molecule has 3 nitrogen and oxygen atoms in total. The molecule has 0 aliphatic rings. The van der Waals surface area contributed by atoms with Crippen molar-refractivity contribution in [3.05, 3.63) is 71.4 Å². The summed E-state index contributed by atoms with van der Waals surface area (Å²) >= 11 is 0. The molecule has 0 saturated heterocycles. The summed E-state index contributed by atoms with van der Waals surface area (Å²) in [7, 11) is 0. The van der Waals surface area contributed by atoms with Crippen LogP contribution in [0.2, 0.25) is 0 Å². The summed E-state index contributed by atoms with van der Waals surface area (Å²) in [5.74, 6) is -0.111. The summed E-state index contributed by atoms with van der Waals surface area (Å²) in [5.41, 5.74) is 4.47. The lowest BCUT2D eigenvalue weighted by molar-refractivity contribution is 0.102. The smallest absolute Gasteiger partial charge is 0.256 e. The number of nitrogens with zero attached hydrogens (tertiary/aromatic N) is 1. The summed E-state index contributed by atoms with van der Waals surface area (Å²) in [6.45, 7) is 3.99. The number of nitrogens with one attached hydrogen (secondary N) is 1. The van der Waals surface area contributed by atoms with Gasteiger partial charge in [-0.3, -0.25) is 9.78 Å². The Morgan fingerprint density at radius 3 is 2.52 bits per heavy atom. The highest BCUT2D eigenvalue weighted by atomic mass is 16.1. The van der Waals surface area contributed by atoms with Crippen molar-refractivity contribution in [1.82, 2.24) is 4.98 Å².